The zero-order valence-electron chi connectivity index (χ0n) is 10.1. The third-order valence-corrected chi connectivity index (χ3v) is 3.00. The summed E-state index contributed by atoms with van der Waals surface area (Å²) in [7, 11) is 0. The van der Waals surface area contributed by atoms with Crippen molar-refractivity contribution in [2.24, 2.45) is 0 Å². The average molecular weight is 279 g/mol. The van der Waals surface area contributed by atoms with Gasteiger partial charge in [0.05, 0.1) is 11.1 Å². The van der Waals surface area contributed by atoms with Gasteiger partial charge < -0.3 is 5.32 Å². The first kappa shape index (κ1) is 13.2. The first-order chi connectivity index (χ1) is 9.09. The molecule has 0 atom stereocenters. The van der Waals surface area contributed by atoms with Crippen LogP contribution in [-0.2, 0) is 6.54 Å². The van der Waals surface area contributed by atoms with Gasteiger partial charge in [-0.05, 0) is 12.5 Å². The van der Waals surface area contributed by atoms with E-state index in [0.717, 1.165) is 5.56 Å². The van der Waals surface area contributed by atoms with Crippen molar-refractivity contribution in [3.8, 4) is 0 Å². The zero-order valence-corrected chi connectivity index (χ0v) is 10.9. The van der Waals surface area contributed by atoms with Crippen LogP contribution in [0.2, 0.25) is 5.02 Å². The molecule has 0 saturated carbocycles. The number of hydrogen-bond acceptors (Lipinski definition) is 5. The second-order valence-corrected chi connectivity index (χ2v) is 4.30. The lowest BCUT2D eigenvalue weighted by molar-refractivity contribution is -0.385. The molecule has 1 aromatic heterocycles. The van der Waals surface area contributed by atoms with E-state index in [9.17, 15) is 10.1 Å². The number of benzene rings is 1. The molecule has 2 rings (SSSR count). The maximum atomic E-state index is 10.8. The van der Waals surface area contributed by atoms with Crippen LogP contribution in [0.4, 0.5) is 11.5 Å². The molecule has 0 unspecified atom stereocenters. The van der Waals surface area contributed by atoms with Crippen molar-refractivity contribution in [1.82, 2.24) is 9.97 Å². The van der Waals surface area contributed by atoms with Crippen LogP contribution in [-0.4, -0.2) is 14.9 Å². The molecule has 7 heteroatoms. The standard InChI is InChI=1S/C12H11ClN4O2/c1-8-9(3-2-4-11(8)17(18)19)5-15-12-10(13)6-14-7-16-12/h2-4,6-7H,5H2,1H3,(H,14,15,16). The van der Waals surface area contributed by atoms with Crippen LogP contribution < -0.4 is 5.32 Å². The van der Waals surface area contributed by atoms with Gasteiger partial charge in [-0.25, -0.2) is 9.97 Å². The summed E-state index contributed by atoms with van der Waals surface area (Å²) in [6.45, 7) is 2.13. The summed E-state index contributed by atoms with van der Waals surface area (Å²) >= 11 is 5.92. The first-order valence-corrected chi connectivity index (χ1v) is 5.89. The molecule has 0 amide bonds. The highest BCUT2D eigenvalue weighted by atomic mass is 35.5. The molecule has 0 radical (unpaired) electrons. The monoisotopic (exact) mass is 278 g/mol. The highest BCUT2D eigenvalue weighted by Gasteiger charge is 2.13. The van der Waals surface area contributed by atoms with E-state index in [1.807, 2.05) is 6.07 Å². The maximum absolute atomic E-state index is 10.8. The molecule has 98 valence electrons. The second-order valence-electron chi connectivity index (χ2n) is 3.89. The predicted octanol–water partition coefficient (Wildman–Crippen LogP) is 2.96. The minimum Gasteiger partial charge on any atom is -0.365 e. The molecule has 0 saturated heterocycles. The quantitative estimate of drug-likeness (QED) is 0.687. The number of rotatable bonds is 4. The molecular weight excluding hydrogens is 268 g/mol. The molecule has 0 aliphatic carbocycles. The summed E-state index contributed by atoms with van der Waals surface area (Å²) in [5.41, 5.74) is 1.56. The SMILES string of the molecule is Cc1c(CNc2ncncc2Cl)cccc1[N+](=O)[O-]. The Labute approximate surface area is 114 Å². The van der Waals surface area contributed by atoms with Crippen LogP contribution in [0.5, 0.6) is 0 Å². The van der Waals surface area contributed by atoms with Crippen molar-refractivity contribution in [2.45, 2.75) is 13.5 Å². The summed E-state index contributed by atoms with van der Waals surface area (Å²) in [6.07, 6.45) is 2.87. The van der Waals surface area contributed by atoms with Crippen LogP contribution in [0, 0.1) is 17.0 Å². The van der Waals surface area contributed by atoms with Gasteiger partial charge in [0.25, 0.3) is 5.69 Å². The molecule has 6 nitrogen and oxygen atoms in total. The van der Waals surface area contributed by atoms with Crippen molar-refractivity contribution >= 4 is 23.1 Å². The number of nitrogens with one attached hydrogen (secondary N) is 1. The minimum absolute atomic E-state index is 0.105. The third kappa shape index (κ3) is 2.97. The topological polar surface area (TPSA) is 81.0 Å². The van der Waals surface area contributed by atoms with Crippen molar-refractivity contribution in [3.63, 3.8) is 0 Å². The smallest absolute Gasteiger partial charge is 0.272 e. The summed E-state index contributed by atoms with van der Waals surface area (Å²) in [5.74, 6) is 0.502. The minimum atomic E-state index is -0.392. The number of aromatic nitrogens is 2. The van der Waals surface area contributed by atoms with E-state index in [1.165, 1.54) is 18.6 Å². The van der Waals surface area contributed by atoms with Gasteiger partial charge in [-0.15, -0.1) is 0 Å². The fourth-order valence-corrected chi connectivity index (χ4v) is 1.85. The largest absolute Gasteiger partial charge is 0.365 e. The maximum Gasteiger partial charge on any atom is 0.272 e. The molecule has 0 fully saturated rings. The molecule has 0 spiro atoms. The fourth-order valence-electron chi connectivity index (χ4n) is 1.68. The van der Waals surface area contributed by atoms with Crippen molar-refractivity contribution in [2.75, 3.05) is 5.32 Å². The van der Waals surface area contributed by atoms with Gasteiger partial charge in [0.15, 0.2) is 0 Å². The molecule has 1 aromatic carbocycles. The summed E-state index contributed by atoms with van der Waals surface area (Å²) in [6, 6.07) is 4.96. The molecule has 0 bridgehead atoms. The normalized spacial score (nSPS) is 10.2. The molecular formula is C12H11ClN4O2. The number of nitro benzene ring substituents is 1. The zero-order chi connectivity index (χ0) is 13.8. The molecule has 1 N–H and O–H groups in total. The highest BCUT2D eigenvalue weighted by molar-refractivity contribution is 6.32. The van der Waals surface area contributed by atoms with Gasteiger partial charge >= 0.3 is 0 Å². The Morgan fingerprint density at radius 1 is 1.47 bits per heavy atom. The van der Waals surface area contributed by atoms with E-state index in [1.54, 1.807) is 13.0 Å². The number of nitrogens with zero attached hydrogens (tertiary/aromatic N) is 3. The van der Waals surface area contributed by atoms with Gasteiger partial charge in [0.1, 0.15) is 17.2 Å². The van der Waals surface area contributed by atoms with Gasteiger partial charge in [0.2, 0.25) is 0 Å². The number of anilines is 1. The van der Waals surface area contributed by atoms with E-state index >= 15 is 0 Å². The van der Waals surface area contributed by atoms with Crippen LogP contribution >= 0.6 is 11.6 Å². The molecule has 19 heavy (non-hydrogen) atoms. The van der Waals surface area contributed by atoms with Gasteiger partial charge in [-0.2, -0.15) is 0 Å². The molecule has 1 heterocycles. The van der Waals surface area contributed by atoms with E-state index < -0.39 is 4.92 Å². The van der Waals surface area contributed by atoms with Crippen LogP contribution in [0.25, 0.3) is 0 Å². The molecule has 2 aromatic rings. The molecule has 0 aliphatic heterocycles. The number of nitro groups is 1. The average Bonchev–Trinajstić information content (AvgIpc) is 2.39. The van der Waals surface area contributed by atoms with Crippen molar-refractivity contribution < 1.29 is 4.92 Å². The Morgan fingerprint density at radius 3 is 2.95 bits per heavy atom. The van der Waals surface area contributed by atoms with Crippen molar-refractivity contribution in [1.29, 1.82) is 0 Å². The van der Waals surface area contributed by atoms with Gasteiger partial charge in [-0.1, -0.05) is 23.7 Å². The summed E-state index contributed by atoms with van der Waals surface area (Å²) in [4.78, 5) is 18.2. The Morgan fingerprint density at radius 2 is 2.26 bits per heavy atom. The van der Waals surface area contributed by atoms with E-state index in [-0.39, 0.29) is 5.69 Å². The lowest BCUT2D eigenvalue weighted by atomic mass is 10.1. The highest BCUT2D eigenvalue weighted by Crippen LogP contribution is 2.23. The summed E-state index contributed by atoms with van der Waals surface area (Å²) in [5, 5.41) is 14.3. The fraction of sp³-hybridized carbons (Fsp3) is 0.167. The Kier molecular flexibility index (Phi) is 3.91. The van der Waals surface area contributed by atoms with Crippen LogP contribution in [0.1, 0.15) is 11.1 Å². The van der Waals surface area contributed by atoms with Crippen molar-refractivity contribution in [3.05, 3.63) is 57.0 Å². The molecule has 0 aliphatic rings. The Balaban J connectivity index is 2.19. The first-order valence-electron chi connectivity index (χ1n) is 5.52. The number of hydrogen-bond donors (Lipinski definition) is 1. The third-order valence-electron chi connectivity index (χ3n) is 2.73. The Bertz CT molecular complexity index is 618. The van der Waals surface area contributed by atoms with E-state index in [4.69, 9.17) is 11.6 Å². The van der Waals surface area contributed by atoms with Gasteiger partial charge in [-0.3, -0.25) is 10.1 Å². The second kappa shape index (κ2) is 5.62. The number of halogens is 1. The Hall–Kier alpha value is -2.21. The van der Waals surface area contributed by atoms with Gasteiger partial charge in [0, 0.05) is 18.2 Å². The van der Waals surface area contributed by atoms with Crippen LogP contribution in [0.15, 0.2) is 30.7 Å². The lowest BCUT2D eigenvalue weighted by Crippen LogP contribution is -2.05. The predicted molar refractivity (Wildman–Crippen MR) is 72.2 cm³/mol. The lowest BCUT2D eigenvalue weighted by Gasteiger charge is -2.09. The van der Waals surface area contributed by atoms with E-state index in [2.05, 4.69) is 15.3 Å². The summed E-state index contributed by atoms with van der Waals surface area (Å²) < 4.78 is 0. The van der Waals surface area contributed by atoms with Crippen LogP contribution in [0.3, 0.4) is 0 Å². The van der Waals surface area contributed by atoms with E-state index in [0.29, 0.717) is 22.9 Å².